The van der Waals surface area contributed by atoms with Gasteiger partial charge in [-0.25, -0.2) is 0 Å². The Kier molecular flexibility index (Phi) is 3.05. The first kappa shape index (κ1) is 11.9. The molecule has 3 rings (SSSR count). The van der Waals surface area contributed by atoms with Crippen molar-refractivity contribution in [3.8, 4) is 0 Å². The van der Waals surface area contributed by atoms with Crippen LogP contribution >= 0.6 is 0 Å². The van der Waals surface area contributed by atoms with E-state index >= 15 is 0 Å². The SMILES string of the molecule is O=C(N[C@H]1Cc2ccccc2[C@H]1O)c1[c]cccc1. The van der Waals surface area contributed by atoms with E-state index in [-0.39, 0.29) is 11.9 Å². The highest BCUT2D eigenvalue weighted by Gasteiger charge is 2.31. The Hall–Kier alpha value is -2.13. The number of benzene rings is 2. The summed E-state index contributed by atoms with van der Waals surface area (Å²) in [5.41, 5.74) is 2.49. The third kappa shape index (κ3) is 2.25. The van der Waals surface area contributed by atoms with E-state index in [1.807, 2.05) is 30.3 Å². The standard InChI is InChI=1S/C16H14NO2/c18-15-13-9-5-4-8-12(13)10-14(15)17-16(19)11-6-2-1-3-7-11/h1-6,8-9,14-15,18H,10H2,(H,17,19)/t14-,15+/m0/s1. The van der Waals surface area contributed by atoms with Crippen molar-refractivity contribution >= 4 is 5.91 Å². The fraction of sp³-hybridized carbons (Fsp3) is 0.188. The normalized spacial score (nSPS) is 20.9. The molecular weight excluding hydrogens is 238 g/mol. The van der Waals surface area contributed by atoms with Gasteiger partial charge in [0, 0.05) is 5.56 Å². The molecule has 3 nitrogen and oxygen atoms in total. The molecule has 0 aromatic heterocycles. The summed E-state index contributed by atoms with van der Waals surface area (Å²) in [6.45, 7) is 0. The Morgan fingerprint density at radius 3 is 2.74 bits per heavy atom. The lowest BCUT2D eigenvalue weighted by Gasteiger charge is -2.16. The molecule has 0 fully saturated rings. The van der Waals surface area contributed by atoms with Gasteiger partial charge in [-0.15, -0.1) is 0 Å². The van der Waals surface area contributed by atoms with Crippen molar-refractivity contribution < 1.29 is 9.90 Å². The lowest BCUT2D eigenvalue weighted by Crippen LogP contribution is -2.37. The lowest BCUT2D eigenvalue weighted by molar-refractivity contribution is 0.0858. The molecule has 0 bridgehead atoms. The molecule has 0 unspecified atom stereocenters. The van der Waals surface area contributed by atoms with Gasteiger partial charge < -0.3 is 10.4 Å². The third-order valence-electron chi connectivity index (χ3n) is 3.46. The maximum absolute atomic E-state index is 12.0. The van der Waals surface area contributed by atoms with E-state index in [4.69, 9.17) is 0 Å². The largest absolute Gasteiger partial charge is 0.386 e. The van der Waals surface area contributed by atoms with Crippen LogP contribution < -0.4 is 5.32 Å². The van der Waals surface area contributed by atoms with Crippen LogP contribution in [0.4, 0.5) is 0 Å². The van der Waals surface area contributed by atoms with Gasteiger partial charge in [-0.05, 0) is 29.7 Å². The number of aliphatic hydroxyl groups is 1. The summed E-state index contributed by atoms with van der Waals surface area (Å²) in [7, 11) is 0. The highest BCUT2D eigenvalue weighted by molar-refractivity contribution is 5.94. The van der Waals surface area contributed by atoms with E-state index in [0.29, 0.717) is 12.0 Å². The van der Waals surface area contributed by atoms with Gasteiger partial charge in [0.15, 0.2) is 0 Å². The Morgan fingerprint density at radius 2 is 2.00 bits per heavy atom. The zero-order valence-electron chi connectivity index (χ0n) is 10.3. The van der Waals surface area contributed by atoms with Gasteiger partial charge in [-0.1, -0.05) is 42.5 Å². The molecule has 1 aliphatic rings. The first-order valence-electron chi connectivity index (χ1n) is 6.29. The van der Waals surface area contributed by atoms with E-state index in [9.17, 15) is 9.90 Å². The molecule has 1 radical (unpaired) electrons. The van der Waals surface area contributed by atoms with Crippen LogP contribution in [0.3, 0.4) is 0 Å². The first-order chi connectivity index (χ1) is 9.25. The van der Waals surface area contributed by atoms with Crippen LogP contribution in [0.25, 0.3) is 0 Å². The minimum Gasteiger partial charge on any atom is -0.386 e. The highest BCUT2D eigenvalue weighted by Crippen LogP contribution is 2.31. The number of rotatable bonds is 2. The van der Waals surface area contributed by atoms with E-state index in [0.717, 1.165) is 11.1 Å². The highest BCUT2D eigenvalue weighted by atomic mass is 16.3. The predicted octanol–water partition coefficient (Wildman–Crippen LogP) is 1.87. The predicted molar refractivity (Wildman–Crippen MR) is 71.6 cm³/mol. The van der Waals surface area contributed by atoms with Crippen LogP contribution in [0.2, 0.25) is 0 Å². The summed E-state index contributed by atoms with van der Waals surface area (Å²) in [4.78, 5) is 12.0. The Balaban J connectivity index is 1.75. The molecule has 2 atom stereocenters. The topological polar surface area (TPSA) is 49.3 Å². The molecule has 1 amide bonds. The second-order valence-corrected chi connectivity index (χ2v) is 4.70. The smallest absolute Gasteiger partial charge is 0.252 e. The molecule has 3 heteroatoms. The van der Waals surface area contributed by atoms with Crippen LogP contribution in [0, 0.1) is 6.07 Å². The monoisotopic (exact) mass is 252 g/mol. The summed E-state index contributed by atoms with van der Waals surface area (Å²) in [5.74, 6) is -0.197. The van der Waals surface area contributed by atoms with Gasteiger partial charge in [0.1, 0.15) is 0 Å². The van der Waals surface area contributed by atoms with Crippen molar-refractivity contribution in [1.29, 1.82) is 0 Å². The third-order valence-corrected chi connectivity index (χ3v) is 3.46. The maximum atomic E-state index is 12.0. The number of amides is 1. The van der Waals surface area contributed by atoms with Crippen LogP contribution in [0.1, 0.15) is 27.6 Å². The number of aliphatic hydroxyl groups excluding tert-OH is 1. The second-order valence-electron chi connectivity index (χ2n) is 4.70. The number of hydrogen-bond donors (Lipinski definition) is 2. The summed E-state index contributed by atoms with van der Waals surface area (Å²) < 4.78 is 0. The summed E-state index contributed by atoms with van der Waals surface area (Å²) in [6, 6.07) is 17.4. The van der Waals surface area contributed by atoms with Crippen LogP contribution in [0.5, 0.6) is 0 Å². The van der Waals surface area contributed by atoms with Crippen molar-refractivity contribution in [2.24, 2.45) is 0 Å². The lowest BCUT2D eigenvalue weighted by atomic mass is 10.1. The Bertz CT molecular complexity index is 595. The van der Waals surface area contributed by atoms with Crippen LogP contribution in [-0.4, -0.2) is 17.1 Å². The molecule has 2 N–H and O–H groups in total. The minimum absolute atomic E-state index is 0.197. The number of carbonyl (C=O) groups excluding carboxylic acids is 1. The van der Waals surface area contributed by atoms with E-state index < -0.39 is 6.10 Å². The van der Waals surface area contributed by atoms with E-state index in [1.54, 1.807) is 18.2 Å². The zero-order chi connectivity index (χ0) is 13.2. The number of nitrogens with one attached hydrogen (secondary N) is 1. The van der Waals surface area contributed by atoms with Gasteiger partial charge in [-0.2, -0.15) is 0 Å². The van der Waals surface area contributed by atoms with E-state index in [2.05, 4.69) is 11.4 Å². The summed E-state index contributed by atoms with van der Waals surface area (Å²) >= 11 is 0. The Labute approximate surface area is 111 Å². The molecule has 0 saturated heterocycles. The fourth-order valence-corrected chi connectivity index (χ4v) is 2.48. The molecule has 0 spiro atoms. The number of hydrogen-bond acceptors (Lipinski definition) is 2. The summed E-state index contributed by atoms with van der Waals surface area (Å²) in [6.07, 6.45) is 0.0273. The molecule has 1 aliphatic carbocycles. The molecule has 2 aromatic rings. The molecule has 0 heterocycles. The molecule has 0 aliphatic heterocycles. The van der Waals surface area contributed by atoms with Gasteiger partial charge in [0.25, 0.3) is 5.91 Å². The van der Waals surface area contributed by atoms with Gasteiger partial charge >= 0.3 is 0 Å². The average Bonchev–Trinajstić information content (AvgIpc) is 2.77. The number of carbonyl (C=O) groups is 1. The van der Waals surface area contributed by atoms with Crippen LogP contribution in [0.15, 0.2) is 48.5 Å². The van der Waals surface area contributed by atoms with Crippen molar-refractivity contribution in [2.45, 2.75) is 18.6 Å². The quantitative estimate of drug-likeness (QED) is 0.857. The maximum Gasteiger partial charge on any atom is 0.252 e. The van der Waals surface area contributed by atoms with Gasteiger partial charge in [0.05, 0.1) is 12.1 Å². The second kappa shape index (κ2) is 4.86. The summed E-state index contributed by atoms with van der Waals surface area (Å²) in [5, 5.41) is 13.1. The molecule has 19 heavy (non-hydrogen) atoms. The van der Waals surface area contributed by atoms with Crippen molar-refractivity contribution in [3.63, 3.8) is 0 Å². The molecular formula is C16H14NO2. The first-order valence-corrected chi connectivity index (χ1v) is 6.29. The van der Waals surface area contributed by atoms with Gasteiger partial charge in [-0.3, -0.25) is 4.79 Å². The zero-order valence-corrected chi connectivity index (χ0v) is 10.3. The van der Waals surface area contributed by atoms with E-state index in [1.165, 1.54) is 0 Å². The van der Waals surface area contributed by atoms with Crippen molar-refractivity contribution in [1.82, 2.24) is 5.32 Å². The minimum atomic E-state index is -0.635. The Morgan fingerprint density at radius 1 is 1.21 bits per heavy atom. The van der Waals surface area contributed by atoms with Crippen molar-refractivity contribution in [2.75, 3.05) is 0 Å². The fourth-order valence-electron chi connectivity index (χ4n) is 2.48. The molecule has 0 saturated carbocycles. The van der Waals surface area contributed by atoms with Gasteiger partial charge in [0.2, 0.25) is 0 Å². The molecule has 2 aromatic carbocycles. The average molecular weight is 252 g/mol. The van der Waals surface area contributed by atoms with Crippen molar-refractivity contribution in [3.05, 3.63) is 71.3 Å². The molecule has 95 valence electrons. The van der Waals surface area contributed by atoms with Crippen LogP contribution in [-0.2, 0) is 6.42 Å². The number of fused-ring (bicyclic) bond motifs is 1.